The maximum atomic E-state index is 6.07. The molecule has 0 aliphatic carbocycles. The number of hydrogen-bond acceptors (Lipinski definition) is 4. The van der Waals surface area contributed by atoms with Gasteiger partial charge in [-0.2, -0.15) is 0 Å². The van der Waals surface area contributed by atoms with Gasteiger partial charge in [0.1, 0.15) is 5.82 Å². The Balaban J connectivity index is 3.01. The molecule has 0 aromatic carbocycles. The van der Waals surface area contributed by atoms with Gasteiger partial charge in [-0.1, -0.05) is 25.4 Å². The lowest BCUT2D eigenvalue weighted by atomic mass is 10.1. The second kappa shape index (κ2) is 8.35. The zero-order valence-electron chi connectivity index (χ0n) is 12.0. The van der Waals surface area contributed by atoms with Crippen LogP contribution in [0.5, 0.6) is 0 Å². The third kappa shape index (κ3) is 4.34. The summed E-state index contributed by atoms with van der Waals surface area (Å²) in [5.41, 5.74) is 6.41. The van der Waals surface area contributed by atoms with Crippen LogP contribution in [0.3, 0.4) is 0 Å². The van der Waals surface area contributed by atoms with Crippen LogP contribution in [0, 0.1) is 0 Å². The van der Waals surface area contributed by atoms with Crippen LogP contribution in [0.1, 0.15) is 32.4 Å². The minimum atomic E-state index is 0.355. The zero-order valence-corrected chi connectivity index (χ0v) is 12.8. The van der Waals surface area contributed by atoms with E-state index in [0.29, 0.717) is 24.2 Å². The second-order valence-electron chi connectivity index (χ2n) is 4.46. The Hall–Kier alpha value is -0.840. The zero-order chi connectivity index (χ0) is 14.3. The van der Waals surface area contributed by atoms with Gasteiger partial charge in [-0.25, -0.2) is 4.98 Å². The van der Waals surface area contributed by atoms with Crippen LogP contribution in [-0.2, 0) is 11.3 Å². The molecule has 0 fully saturated rings. The molecule has 1 heterocycles. The van der Waals surface area contributed by atoms with E-state index in [1.54, 1.807) is 7.11 Å². The van der Waals surface area contributed by atoms with Gasteiger partial charge in [0.15, 0.2) is 0 Å². The predicted octanol–water partition coefficient (Wildman–Crippen LogP) is 2.84. The Morgan fingerprint density at radius 3 is 2.58 bits per heavy atom. The third-order valence-electron chi connectivity index (χ3n) is 3.31. The fourth-order valence-corrected chi connectivity index (χ4v) is 2.36. The number of pyridine rings is 1. The highest BCUT2D eigenvalue weighted by Gasteiger charge is 2.17. The largest absolute Gasteiger partial charge is 0.383 e. The van der Waals surface area contributed by atoms with Gasteiger partial charge in [-0.3, -0.25) is 0 Å². The summed E-state index contributed by atoms with van der Waals surface area (Å²) >= 11 is 6.07. The van der Waals surface area contributed by atoms with Gasteiger partial charge in [0.2, 0.25) is 0 Å². The lowest BCUT2D eigenvalue weighted by molar-refractivity contribution is 0.202. The van der Waals surface area contributed by atoms with E-state index in [0.717, 1.165) is 30.9 Å². The van der Waals surface area contributed by atoms with Crippen molar-refractivity contribution < 1.29 is 4.74 Å². The molecule has 0 aliphatic rings. The topological polar surface area (TPSA) is 51.4 Å². The summed E-state index contributed by atoms with van der Waals surface area (Å²) < 4.78 is 5.19. The smallest absolute Gasteiger partial charge is 0.129 e. The van der Waals surface area contributed by atoms with Crippen molar-refractivity contribution >= 4 is 17.4 Å². The van der Waals surface area contributed by atoms with Crippen LogP contribution in [0.2, 0.25) is 5.02 Å². The molecule has 19 heavy (non-hydrogen) atoms. The van der Waals surface area contributed by atoms with Gasteiger partial charge in [0, 0.05) is 26.2 Å². The molecule has 0 aliphatic heterocycles. The molecule has 0 spiro atoms. The van der Waals surface area contributed by atoms with Crippen molar-refractivity contribution in [3.8, 4) is 0 Å². The van der Waals surface area contributed by atoms with Crippen molar-refractivity contribution in [3.05, 3.63) is 22.8 Å². The summed E-state index contributed by atoms with van der Waals surface area (Å²) in [6.07, 6.45) is 2.14. The molecule has 0 saturated carbocycles. The molecule has 5 heteroatoms. The number of halogens is 1. The lowest BCUT2D eigenvalue weighted by Crippen LogP contribution is -2.37. The Labute approximate surface area is 120 Å². The van der Waals surface area contributed by atoms with Crippen LogP contribution in [0.25, 0.3) is 0 Å². The van der Waals surface area contributed by atoms with E-state index in [1.165, 1.54) is 0 Å². The molecule has 0 amide bonds. The number of hydrogen-bond donors (Lipinski definition) is 1. The highest BCUT2D eigenvalue weighted by atomic mass is 35.5. The maximum Gasteiger partial charge on any atom is 0.129 e. The molecule has 0 saturated heterocycles. The Kier molecular flexibility index (Phi) is 7.13. The molecule has 1 rings (SSSR count). The number of aromatic nitrogens is 1. The molecule has 1 aromatic rings. The molecule has 1 aromatic heterocycles. The SMILES string of the molecule is CCC(CC)N(CCOC)c1ccc(Cl)c(CN)n1. The average Bonchev–Trinajstić information content (AvgIpc) is 2.44. The van der Waals surface area contributed by atoms with E-state index >= 15 is 0 Å². The van der Waals surface area contributed by atoms with E-state index in [2.05, 4.69) is 23.7 Å². The lowest BCUT2D eigenvalue weighted by Gasteiger charge is -2.31. The Morgan fingerprint density at radius 2 is 2.05 bits per heavy atom. The molecule has 4 nitrogen and oxygen atoms in total. The maximum absolute atomic E-state index is 6.07. The summed E-state index contributed by atoms with van der Waals surface area (Å²) in [6.45, 7) is 6.23. The summed E-state index contributed by atoms with van der Waals surface area (Å²) in [5, 5.41) is 0.627. The number of nitrogens with zero attached hydrogens (tertiary/aromatic N) is 2. The van der Waals surface area contributed by atoms with Crippen LogP contribution < -0.4 is 10.6 Å². The highest BCUT2D eigenvalue weighted by Crippen LogP contribution is 2.22. The minimum absolute atomic E-state index is 0.355. The molecule has 0 unspecified atom stereocenters. The van der Waals surface area contributed by atoms with Gasteiger partial charge in [0.25, 0.3) is 0 Å². The Bertz CT molecular complexity index is 383. The fourth-order valence-electron chi connectivity index (χ4n) is 2.18. The third-order valence-corrected chi connectivity index (χ3v) is 3.66. The first-order valence-electron chi connectivity index (χ1n) is 6.78. The molecule has 0 radical (unpaired) electrons. The average molecular weight is 286 g/mol. The van der Waals surface area contributed by atoms with Gasteiger partial charge in [0.05, 0.1) is 17.3 Å². The first-order chi connectivity index (χ1) is 9.17. The molecule has 0 bridgehead atoms. The molecular weight excluding hydrogens is 262 g/mol. The molecule has 108 valence electrons. The van der Waals surface area contributed by atoms with Crippen molar-refractivity contribution in [1.29, 1.82) is 0 Å². The fraction of sp³-hybridized carbons (Fsp3) is 0.643. The summed E-state index contributed by atoms with van der Waals surface area (Å²) in [6, 6.07) is 4.28. The number of rotatable bonds is 8. The first-order valence-corrected chi connectivity index (χ1v) is 7.16. The molecule has 0 atom stereocenters. The monoisotopic (exact) mass is 285 g/mol. The molecule has 2 N–H and O–H groups in total. The first kappa shape index (κ1) is 16.2. The van der Waals surface area contributed by atoms with Gasteiger partial charge in [-0.15, -0.1) is 0 Å². The van der Waals surface area contributed by atoms with Gasteiger partial charge in [-0.05, 0) is 25.0 Å². The highest BCUT2D eigenvalue weighted by molar-refractivity contribution is 6.31. The summed E-state index contributed by atoms with van der Waals surface area (Å²) in [7, 11) is 1.71. The van der Waals surface area contributed by atoms with Crippen LogP contribution >= 0.6 is 11.6 Å². The van der Waals surface area contributed by atoms with Crippen molar-refractivity contribution in [2.45, 2.75) is 39.3 Å². The van der Waals surface area contributed by atoms with E-state index < -0.39 is 0 Å². The summed E-state index contributed by atoms with van der Waals surface area (Å²) in [4.78, 5) is 6.85. The van der Waals surface area contributed by atoms with Crippen LogP contribution in [0.15, 0.2) is 12.1 Å². The van der Waals surface area contributed by atoms with Crippen molar-refractivity contribution in [1.82, 2.24) is 4.98 Å². The van der Waals surface area contributed by atoms with Crippen LogP contribution in [0.4, 0.5) is 5.82 Å². The van der Waals surface area contributed by atoms with Gasteiger partial charge >= 0.3 is 0 Å². The predicted molar refractivity (Wildman–Crippen MR) is 80.7 cm³/mol. The normalized spacial score (nSPS) is 11.1. The van der Waals surface area contributed by atoms with Crippen molar-refractivity contribution in [2.75, 3.05) is 25.2 Å². The number of nitrogens with two attached hydrogens (primary N) is 1. The van der Waals surface area contributed by atoms with E-state index in [1.807, 2.05) is 12.1 Å². The minimum Gasteiger partial charge on any atom is -0.383 e. The van der Waals surface area contributed by atoms with E-state index in [4.69, 9.17) is 22.1 Å². The van der Waals surface area contributed by atoms with Crippen molar-refractivity contribution in [2.24, 2.45) is 5.73 Å². The number of methoxy groups -OCH3 is 1. The summed E-state index contributed by atoms with van der Waals surface area (Å²) in [5.74, 6) is 0.926. The van der Waals surface area contributed by atoms with Gasteiger partial charge < -0.3 is 15.4 Å². The molecular formula is C14H24ClN3O. The number of anilines is 1. The quantitative estimate of drug-likeness (QED) is 0.798. The van der Waals surface area contributed by atoms with Crippen molar-refractivity contribution in [3.63, 3.8) is 0 Å². The standard InChI is InChI=1S/C14H24ClN3O/c1-4-11(5-2)18(8-9-19-3)14-7-6-12(15)13(10-16)17-14/h6-7,11H,4-5,8-10,16H2,1-3H3. The second-order valence-corrected chi connectivity index (χ2v) is 4.87. The Morgan fingerprint density at radius 1 is 1.37 bits per heavy atom. The number of ether oxygens (including phenoxy) is 1. The van der Waals surface area contributed by atoms with E-state index in [-0.39, 0.29) is 0 Å². The van der Waals surface area contributed by atoms with E-state index in [9.17, 15) is 0 Å². The van der Waals surface area contributed by atoms with Crippen LogP contribution in [-0.4, -0.2) is 31.3 Å².